The highest BCUT2D eigenvalue weighted by Crippen LogP contribution is 2.34. The Morgan fingerprint density at radius 1 is 1.40 bits per heavy atom. The Balaban J connectivity index is 2.64. The summed E-state index contributed by atoms with van der Waals surface area (Å²) in [5.41, 5.74) is 3.59. The van der Waals surface area contributed by atoms with Gasteiger partial charge >= 0.3 is 5.97 Å². The molecule has 1 aliphatic carbocycles. The van der Waals surface area contributed by atoms with Crippen LogP contribution in [0.5, 0.6) is 5.75 Å². The molecule has 1 aromatic carbocycles. The van der Waals surface area contributed by atoms with Crippen molar-refractivity contribution >= 4 is 5.97 Å². The van der Waals surface area contributed by atoms with Gasteiger partial charge in [0.2, 0.25) is 0 Å². The van der Waals surface area contributed by atoms with E-state index in [4.69, 9.17) is 0 Å². The SMILES string of the molecule is COC(=O)c1c(O)cc(C)c2c1CCC2. The number of hydrogen-bond acceptors (Lipinski definition) is 3. The first-order chi connectivity index (χ1) is 7.15. The summed E-state index contributed by atoms with van der Waals surface area (Å²) in [6.07, 6.45) is 2.89. The normalized spacial score (nSPS) is 13.7. The number of aryl methyl sites for hydroxylation is 1. The number of ether oxygens (including phenoxy) is 1. The van der Waals surface area contributed by atoms with Crippen LogP contribution < -0.4 is 0 Å². The molecule has 1 N–H and O–H groups in total. The number of aromatic hydroxyl groups is 1. The van der Waals surface area contributed by atoms with E-state index in [2.05, 4.69) is 4.74 Å². The fourth-order valence-electron chi connectivity index (χ4n) is 2.30. The molecule has 0 aliphatic heterocycles. The second-order valence-electron chi connectivity index (χ2n) is 3.89. The average molecular weight is 206 g/mol. The molecule has 0 unspecified atom stereocenters. The quantitative estimate of drug-likeness (QED) is 0.714. The summed E-state index contributed by atoms with van der Waals surface area (Å²) in [5, 5.41) is 9.76. The van der Waals surface area contributed by atoms with Gasteiger partial charge in [-0.1, -0.05) is 0 Å². The van der Waals surface area contributed by atoms with Crippen LogP contribution in [-0.4, -0.2) is 18.2 Å². The molecule has 1 aliphatic rings. The zero-order valence-corrected chi connectivity index (χ0v) is 8.96. The van der Waals surface area contributed by atoms with Crippen LogP contribution in [0, 0.1) is 6.92 Å². The molecule has 3 nitrogen and oxygen atoms in total. The second-order valence-corrected chi connectivity index (χ2v) is 3.89. The van der Waals surface area contributed by atoms with Crippen LogP contribution in [0.15, 0.2) is 6.07 Å². The van der Waals surface area contributed by atoms with Gasteiger partial charge in [-0.15, -0.1) is 0 Å². The highest BCUT2D eigenvalue weighted by Gasteiger charge is 2.24. The molecule has 0 saturated heterocycles. The molecule has 0 radical (unpaired) electrons. The first-order valence-corrected chi connectivity index (χ1v) is 5.07. The van der Waals surface area contributed by atoms with E-state index >= 15 is 0 Å². The molecule has 0 saturated carbocycles. The van der Waals surface area contributed by atoms with Crippen molar-refractivity contribution in [2.45, 2.75) is 26.2 Å². The van der Waals surface area contributed by atoms with Crippen LogP contribution in [0.25, 0.3) is 0 Å². The van der Waals surface area contributed by atoms with E-state index in [1.165, 1.54) is 12.7 Å². The van der Waals surface area contributed by atoms with Crippen LogP contribution in [-0.2, 0) is 17.6 Å². The Kier molecular flexibility index (Phi) is 2.39. The van der Waals surface area contributed by atoms with Gasteiger partial charge in [0, 0.05) is 0 Å². The Labute approximate surface area is 88.7 Å². The fourth-order valence-corrected chi connectivity index (χ4v) is 2.30. The third kappa shape index (κ3) is 1.48. The molecule has 2 rings (SSSR count). The molecular weight excluding hydrogens is 192 g/mol. The lowest BCUT2D eigenvalue weighted by atomic mass is 9.98. The monoisotopic (exact) mass is 206 g/mol. The van der Waals surface area contributed by atoms with Crippen molar-refractivity contribution in [3.8, 4) is 5.75 Å². The largest absolute Gasteiger partial charge is 0.507 e. The zero-order valence-electron chi connectivity index (χ0n) is 8.96. The average Bonchev–Trinajstić information content (AvgIpc) is 2.66. The number of methoxy groups -OCH3 is 1. The molecule has 0 aromatic heterocycles. The number of phenolic OH excluding ortho intramolecular Hbond substituents is 1. The van der Waals surface area contributed by atoms with E-state index in [1.54, 1.807) is 6.07 Å². The van der Waals surface area contributed by atoms with E-state index in [0.717, 1.165) is 30.4 Å². The van der Waals surface area contributed by atoms with Crippen molar-refractivity contribution in [3.63, 3.8) is 0 Å². The number of rotatable bonds is 1. The molecule has 0 fully saturated rings. The summed E-state index contributed by atoms with van der Waals surface area (Å²) in [5.74, 6) is -0.398. The predicted octanol–water partition coefficient (Wildman–Crippen LogP) is 1.98. The Morgan fingerprint density at radius 3 is 2.73 bits per heavy atom. The molecule has 80 valence electrons. The number of carbonyl (C=O) groups is 1. The Morgan fingerprint density at radius 2 is 2.07 bits per heavy atom. The number of benzene rings is 1. The van der Waals surface area contributed by atoms with Crippen LogP contribution in [0.3, 0.4) is 0 Å². The third-order valence-corrected chi connectivity index (χ3v) is 2.99. The van der Waals surface area contributed by atoms with E-state index < -0.39 is 5.97 Å². The molecular formula is C12H14O3. The topological polar surface area (TPSA) is 46.5 Å². The van der Waals surface area contributed by atoms with Crippen molar-refractivity contribution in [1.82, 2.24) is 0 Å². The molecule has 0 heterocycles. The lowest BCUT2D eigenvalue weighted by molar-refractivity contribution is 0.0596. The fraction of sp³-hybridized carbons (Fsp3) is 0.417. The number of hydrogen-bond donors (Lipinski definition) is 1. The Bertz CT molecular complexity index is 421. The van der Waals surface area contributed by atoms with Gasteiger partial charge in [-0.3, -0.25) is 0 Å². The minimum absolute atomic E-state index is 0.0417. The summed E-state index contributed by atoms with van der Waals surface area (Å²) in [6, 6.07) is 1.65. The lowest BCUT2D eigenvalue weighted by Crippen LogP contribution is -2.07. The molecule has 15 heavy (non-hydrogen) atoms. The molecule has 0 spiro atoms. The van der Waals surface area contributed by atoms with Crippen molar-refractivity contribution in [2.75, 3.05) is 7.11 Å². The first kappa shape index (κ1) is 10.0. The number of esters is 1. The number of fused-ring (bicyclic) bond motifs is 1. The maximum Gasteiger partial charge on any atom is 0.341 e. The molecule has 3 heteroatoms. The van der Waals surface area contributed by atoms with Gasteiger partial charge in [0.15, 0.2) is 0 Å². The van der Waals surface area contributed by atoms with Gasteiger partial charge in [-0.25, -0.2) is 4.79 Å². The van der Waals surface area contributed by atoms with Crippen LogP contribution in [0.1, 0.15) is 33.5 Å². The highest BCUT2D eigenvalue weighted by atomic mass is 16.5. The lowest BCUT2D eigenvalue weighted by Gasteiger charge is -2.11. The van der Waals surface area contributed by atoms with E-state index in [0.29, 0.717) is 5.56 Å². The maximum absolute atomic E-state index is 11.5. The molecule has 0 bridgehead atoms. The summed E-state index contributed by atoms with van der Waals surface area (Å²) < 4.78 is 4.68. The van der Waals surface area contributed by atoms with Gasteiger partial charge in [0.05, 0.1) is 7.11 Å². The minimum Gasteiger partial charge on any atom is -0.507 e. The van der Waals surface area contributed by atoms with Gasteiger partial charge in [-0.2, -0.15) is 0 Å². The van der Waals surface area contributed by atoms with E-state index in [9.17, 15) is 9.90 Å². The van der Waals surface area contributed by atoms with Crippen LogP contribution >= 0.6 is 0 Å². The summed E-state index contributed by atoms with van der Waals surface area (Å²) in [4.78, 5) is 11.5. The molecule has 0 atom stereocenters. The van der Waals surface area contributed by atoms with Gasteiger partial charge in [-0.05, 0) is 48.9 Å². The Hall–Kier alpha value is -1.51. The number of carbonyl (C=O) groups excluding carboxylic acids is 1. The van der Waals surface area contributed by atoms with Crippen LogP contribution in [0.4, 0.5) is 0 Å². The summed E-state index contributed by atoms with van der Waals surface area (Å²) in [7, 11) is 1.34. The van der Waals surface area contributed by atoms with E-state index in [1.807, 2.05) is 6.92 Å². The maximum atomic E-state index is 11.5. The molecule has 0 amide bonds. The first-order valence-electron chi connectivity index (χ1n) is 5.07. The van der Waals surface area contributed by atoms with Gasteiger partial charge in [0.25, 0.3) is 0 Å². The van der Waals surface area contributed by atoms with Crippen LogP contribution in [0.2, 0.25) is 0 Å². The molecule has 1 aromatic rings. The van der Waals surface area contributed by atoms with Gasteiger partial charge in [0.1, 0.15) is 11.3 Å². The standard InChI is InChI=1S/C12H14O3/c1-7-6-10(13)11(12(14)15-2)9-5-3-4-8(7)9/h6,13H,3-5H2,1-2H3. The van der Waals surface area contributed by atoms with Crippen molar-refractivity contribution in [1.29, 1.82) is 0 Å². The predicted molar refractivity (Wildman–Crippen MR) is 56.2 cm³/mol. The second kappa shape index (κ2) is 3.57. The highest BCUT2D eigenvalue weighted by molar-refractivity contribution is 5.95. The smallest absolute Gasteiger partial charge is 0.341 e. The van der Waals surface area contributed by atoms with Crippen molar-refractivity contribution < 1.29 is 14.6 Å². The summed E-state index contributed by atoms with van der Waals surface area (Å²) >= 11 is 0. The van der Waals surface area contributed by atoms with E-state index in [-0.39, 0.29) is 5.75 Å². The zero-order chi connectivity index (χ0) is 11.0. The number of phenols is 1. The summed E-state index contributed by atoms with van der Waals surface area (Å²) in [6.45, 7) is 1.96. The van der Waals surface area contributed by atoms with Gasteiger partial charge < -0.3 is 9.84 Å². The minimum atomic E-state index is -0.439. The van der Waals surface area contributed by atoms with Crippen molar-refractivity contribution in [2.24, 2.45) is 0 Å². The van der Waals surface area contributed by atoms with Crippen molar-refractivity contribution in [3.05, 3.63) is 28.3 Å². The third-order valence-electron chi connectivity index (χ3n) is 2.99.